The number of carbonyl (C=O) groups is 1. The fourth-order valence-corrected chi connectivity index (χ4v) is 2.80. The summed E-state index contributed by atoms with van der Waals surface area (Å²) < 4.78 is 0. The van der Waals surface area contributed by atoms with Gasteiger partial charge in [-0.15, -0.1) is 0 Å². The summed E-state index contributed by atoms with van der Waals surface area (Å²) in [5.74, 6) is -0.0577. The molecule has 110 valence electrons. The molecule has 2 N–H and O–H groups in total. The smallest absolute Gasteiger partial charge is 0.244 e. The second kappa shape index (κ2) is 6.31. The Kier molecular flexibility index (Phi) is 4.91. The van der Waals surface area contributed by atoms with E-state index < -0.39 is 5.54 Å². The number of halogens is 2. The Bertz CT molecular complexity index is 479. The van der Waals surface area contributed by atoms with Gasteiger partial charge in [0, 0.05) is 41.9 Å². The Balaban J connectivity index is 2.09. The van der Waals surface area contributed by atoms with Crippen LogP contribution in [-0.4, -0.2) is 42.5 Å². The van der Waals surface area contributed by atoms with Gasteiger partial charge in [0.05, 0.1) is 5.54 Å². The number of hydrogen-bond acceptors (Lipinski definition) is 3. The number of nitrogens with one attached hydrogen (secondary N) is 2. The predicted octanol–water partition coefficient (Wildman–Crippen LogP) is 2.62. The topological polar surface area (TPSA) is 44.4 Å². The molecule has 1 saturated heterocycles. The van der Waals surface area contributed by atoms with Crippen molar-refractivity contribution in [3.05, 3.63) is 28.2 Å². The van der Waals surface area contributed by atoms with Crippen molar-refractivity contribution in [3.63, 3.8) is 0 Å². The van der Waals surface area contributed by atoms with Gasteiger partial charge in [0.15, 0.2) is 0 Å². The first kappa shape index (κ1) is 15.6. The summed E-state index contributed by atoms with van der Waals surface area (Å²) in [7, 11) is 0. The van der Waals surface area contributed by atoms with Crippen LogP contribution < -0.4 is 10.6 Å². The summed E-state index contributed by atoms with van der Waals surface area (Å²) in [5.41, 5.74) is 0.0485. The van der Waals surface area contributed by atoms with E-state index in [2.05, 4.69) is 15.5 Å². The Labute approximate surface area is 129 Å². The van der Waals surface area contributed by atoms with Gasteiger partial charge in [-0.25, -0.2) is 0 Å². The predicted molar refractivity (Wildman–Crippen MR) is 83.6 cm³/mol. The molecule has 0 bridgehead atoms. The Hall–Kier alpha value is -0.810. The highest BCUT2D eigenvalue weighted by Gasteiger charge is 2.35. The number of anilines is 1. The lowest BCUT2D eigenvalue weighted by Crippen LogP contribution is -2.58. The molecular weight excluding hydrogens is 297 g/mol. The molecule has 0 saturated carbocycles. The Morgan fingerprint density at radius 1 is 1.20 bits per heavy atom. The first-order chi connectivity index (χ1) is 9.39. The monoisotopic (exact) mass is 315 g/mol. The fourth-order valence-electron chi connectivity index (χ4n) is 2.28. The lowest BCUT2D eigenvalue weighted by atomic mass is 10.0. The summed E-state index contributed by atoms with van der Waals surface area (Å²) in [6.45, 7) is 7.38. The van der Waals surface area contributed by atoms with Gasteiger partial charge < -0.3 is 10.6 Å². The molecule has 20 heavy (non-hydrogen) atoms. The summed E-state index contributed by atoms with van der Waals surface area (Å²) in [5, 5.41) is 7.19. The van der Waals surface area contributed by atoms with Crippen LogP contribution in [0.1, 0.15) is 13.8 Å². The number of hydrogen-bond donors (Lipinski definition) is 2. The van der Waals surface area contributed by atoms with Gasteiger partial charge in [-0.2, -0.15) is 0 Å². The van der Waals surface area contributed by atoms with E-state index in [-0.39, 0.29) is 5.91 Å². The molecule has 2 rings (SSSR count). The first-order valence-electron chi connectivity index (χ1n) is 6.63. The summed E-state index contributed by atoms with van der Waals surface area (Å²) >= 11 is 11.9. The molecule has 1 aromatic rings. The van der Waals surface area contributed by atoms with E-state index in [9.17, 15) is 4.79 Å². The highest BCUT2D eigenvalue weighted by Crippen LogP contribution is 2.24. The van der Waals surface area contributed by atoms with Crippen LogP contribution >= 0.6 is 23.2 Å². The second-order valence-electron chi connectivity index (χ2n) is 5.41. The van der Waals surface area contributed by atoms with Gasteiger partial charge in [-0.3, -0.25) is 9.69 Å². The largest absolute Gasteiger partial charge is 0.324 e. The van der Waals surface area contributed by atoms with Crippen molar-refractivity contribution >= 4 is 34.8 Å². The Morgan fingerprint density at radius 2 is 1.75 bits per heavy atom. The van der Waals surface area contributed by atoms with E-state index in [1.54, 1.807) is 18.2 Å². The van der Waals surface area contributed by atoms with Crippen molar-refractivity contribution in [2.24, 2.45) is 0 Å². The van der Waals surface area contributed by atoms with Crippen LogP contribution in [0.3, 0.4) is 0 Å². The molecule has 0 spiro atoms. The van der Waals surface area contributed by atoms with Crippen molar-refractivity contribution < 1.29 is 4.79 Å². The minimum Gasteiger partial charge on any atom is -0.324 e. The second-order valence-corrected chi connectivity index (χ2v) is 6.28. The molecule has 1 aromatic carbocycles. The van der Waals surface area contributed by atoms with E-state index in [1.165, 1.54) is 0 Å². The molecule has 4 nitrogen and oxygen atoms in total. The quantitative estimate of drug-likeness (QED) is 0.901. The third kappa shape index (κ3) is 3.64. The van der Waals surface area contributed by atoms with Crippen molar-refractivity contribution in [2.45, 2.75) is 19.4 Å². The van der Waals surface area contributed by atoms with E-state index in [4.69, 9.17) is 23.2 Å². The van der Waals surface area contributed by atoms with E-state index in [1.807, 2.05) is 13.8 Å². The average Bonchev–Trinajstić information content (AvgIpc) is 2.38. The molecular formula is C14H19Cl2N3O. The van der Waals surface area contributed by atoms with Crippen LogP contribution in [0.5, 0.6) is 0 Å². The van der Waals surface area contributed by atoms with E-state index in [0.717, 1.165) is 26.2 Å². The van der Waals surface area contributed by atoms with Crippen molar-refractivity contribution in [3.8, 4) is 0 Å². The SMILES string of the molecule is CC(C)(C(=O)Nc1cc(Cl)cc(Cl)c1)N1CCNCC1. The highest BCUT2D eigenvalue weighted by molar-refractivity contribution is 6.35. The van der Waals surface area contributed by atoms with Crippen molar-refractivity contribution in [1.29, 1.82) is 0 Å². The maximum Gasteiger partial charge on any atom is 0.244 e. The van der Waals surface area contributed by atoms with Crippen LogP contribution in [-0.2, 0) is 4.79 Å². The standard InChI is InChI=1S/C14H19Cl2N3O/c1-14(2,19-5-3-17-4-6-19)13(20)18-12-8-10(15)7-11(16)9-12/h7-9,17H,3-6H2,1-2H3,(H,18,20). The molecule has 1 amide bonds. The van der Waals surface area contributed by atoms with Crippen LogP contribution in [0.2, 0.25) is 10.0 Å². The van der Waals surface area contributed by atoms with Gasteiger partial charge >= 0.3 is 0 Å². The lowest BCUT2D eigenvalue weighted by Gasteiger charge is -2.39. The number of piperazine rings is 1. The minimum atomic E-state index is -0.573. The number of nitrogens with zero attached hydrogens (tertiary/aromatic N) is 1. The maximum absolute atomic E-state index is 12.5. The van der Waals surface area contributed by atoms with Gasteiger partial charge in [0.2, 0.25) is 5.91 Å². The maximum atomic E-state index is 12.5. The fraction of sp³-hybridized carbons (Fsp3) is 0.500. The molecule has 1 aliphatic rings. The van der Waals surface area contributed by atoms with Crippen LogP contribution in [0.4, 0.5) is 5.69 Å². The van der Waals surface area contributed by atoms with Crippen LogP contribution in [0.25, 0.3) is 0 Å². The number of carbonyl (C=O) groups excluding carboxylic acids is 1. The zero-order chi connectivity index (χ0) is 14.8. The summed E-state index contributed by atoms with van der Waals surface area (Å²) in [6.07, 6.45) is 0. The van der Waals surface area contributed by atoms with Crippen molar-refractivity contribution in [2.75, 3.05) is 31.5 Å². The number of rotatable bonds is 3. The van der Waals surface area contributed by atoms with E-state index >= 15 is 0 Å². The molecule has 0 aliphatic carbocycles. The molecule has 6 heteroatoms. The summed E-state index contributed by atoms with van der Waals surface area (Å²) in [4.78, 5) is 14.7. The highest BCUT2D eigenvalue weighted by atomic mass is 35.5. The van der Waals surface area contributed by atoms with Gasteiger partial charge in [0.1, 0.15) is 0 Å². The third-order valence-corrected chi connectivity index (χ3v) is 4.02. The zero-order valence-corrected chi connectivity index (χ0v) is 13.2. The third-order valence-electron chi connectivity index (χ3n) is 3.58. The van der Waals surface area contributed by atoms with Crippen molar-refractivity contribution in [1.82, 2.24) is 10.2 Å². The molecule has 0 atom stereocenters. The number of amides is 1. The van der Waals surface area contributed by atoms with Crippen LogP contribution in [0.15, 0.2) is 18.2 Å². The van der Waals surface area contributed by atoms with Gasteiger partial charge in [-0.1, -0.05) is 23.2 Å². The molecule has 1 fully saturated rings. The number of benzene rings is 1. The van der Waals surface area contributed by atoms with E-state index in [0.29, 0.717) is 15.7 Å². The molecule has 0 radical (unpaired) electrons. The lowest BCUT2D eigenvalue weighted by molar-refractivity contribution is -0.126. The zero-order valence-electron chi connectivity index (χ0n) is 11.7. The molecule has 0 aromatic heterocycles. The average molecular weight is 316 g/mol. The molecule has 1 aliphatic heterocycles. The summed E-state index contributed by atoms with van der Waals surface area (Å²) in [6, 6.07) is 5.03. The van der Waals surface area contributed by atoms with Gasteiger partial charge in [-0.05, 0) is 32.0 Å². The van der Waals surface area contributed by atoms with Gasteiger partial charge in [0.25, 0.3) is 0 Å². The first-order valence-corrected chi connectivity index (χ1v) is 7.38. The normalized spacial score (nSPS) is 17.0. The Morgan fingerprint density at radius 3 is 2.30 bits per heavy atom. The van der Waals surface area contributed by atoms with Crippen LogP contribution in [0, 0.1) is 0 Å². The molecule has 0 unspecified atom stereocenters. The molecule has 1 heterocycles. The minimum absolute atomic E-state index is 0.0577.